The molecule has 1 aliphatic rings. The van der Waals surface area contributed by atoms with Crippen molar-refractivity contribution in [1.82, 2.24) is 0 Å². The lowest BCUT2D eigenvalue weighted by molar-refractivity contribution is -0.271. The first kappa shape index (κ1) is 21.8. The second-order valence-corrected chi connectivity index (χ2v) is 7.22. The normalized spacial score (nSPS) is 25.4. The molecule has 10 nitrogen and oxygen atoms in total. The standard InChI is InChI=1S/C22H20O10/c1-29-11-4-2-10(3-5-11)14-9-30-15-8-12(6-7-13(15)16(14)23)31-22-19(26)17(24)18(25)20(32-22)21(27)28/h2-9,17-20,22,24-26H,1H3,(H,27,28)/t17-,18-,19+,20-,22?/m0/s1. The van der Waals surface area contributed by atoms with Crippen LogP contribution in [-0.4, -0.2) is 64.2 Å². The van der Waals surface area contributed by atoms with Gasteiger partial charge in [-0.2, -0.15) is 0 Å². The highest BCUT2D eigenvalue weighted by molar-refractivity contribution is 5.82. The summed E-state index contributed by atoms with van der Waals surface area (Å²) >= 11 is 0. The molecule has 2 heterocycles. The average molecular weight is 444 g/mol. The number of benzene rings is 2. The molecule has 1 aliphatic heterocycles. The Balaban J connectivity index is 1.61. The Morgan fingerprint density at radius 3 is 2.31 bits per heavy atom. The zero-order valence-electron chi connectivity index (χ0n) is 16.7. The molecule has 2 aromatic carbocycles. The Labute approximate surface area is 180 Å². The first-order valence-corrected chi connectivity index (χ1v) is 9.59. The van der Waals surface area contributed by atoms with Crippen LogP contribution >= 0.6 is 0 Å². The van der Waals surface area contributed by atoms with Crippen molar-refractivity contribution in [1.29, 1.82) is 0 Å². The maximum Gasteiger partial charge on any atom is 0.335 e. The molecule has 0 amide bonds. The van der Waals surface area contributed by atoms with Gasteiger partial charge in [0.05, 0.1) is 18.1 Å². The summed E-state index contributed by atoms with van der Waals surface area (Å²) in [4.78, 5) is 24.1. The van der Waals surface area contributed by atoms with E-state index in [0.29, 0.717) is 16.9 Å². The highest BCUT2D eigenvalue weighted by Gasteiger charge is 2.48. The fourth-order valence-electron chi connectivity index (χ4n) is 3.44. The van der Waals surface area contributed by atoms with E-state index in [1.165, 1.54) is 24.5 Å². The molecule has 0 spiro atoms. The SMILES string of the molecule is COc1ccc(-c2coc3cc(OC4O[C@H](C(=O)O)[C@@H](O)[C@H](O)[C@H]4O)ccc3c2=O)cc1. The first-order chi connectivity index (χ1) is 15.3. The Morgan fingerprint density at radius 1 is 0.969 bits per heavy atom. The van der Waals surface area contributed by atoms with Crippen molar-refractivity contribution < 1.29 is 43.8 Å². The summed E-state index contributed by atoms with van der Waals surface area (Å²) in [6.07, 6.45) is -7.38. The van der Waals surface area contributed by atoms with Gasteiger partial charge in [0.15, 0.2) is 11.5 Å². The van der Waals surface area contributed by atoms with Crippen molar-refractivity contribution in [2.24, 2.45) is 0 Å². The van der Waals surface area contributed by atoms with Crippen molar-refractivity contribution >= 4 is 16.9 Å². The smallest absolute Gasteiger partial charge is 0.335 e. The number of ether oxygens (including phenoxy) is 3. The van der Waals surface area contributed by atoms with Gasteiger partial charge in [0.25, 0.3) is 0 Å². The van der Waals surface area contributed by atoms with E-state index in [-0.39, 0.29) is 22.1 Å². The molecule has 4 N–H and O–H groups in total. The van der Waals surface area contributed by atoms with Crippen molar-refractivity contribution in [2.45, 2.75) is 30.7 Å². The quantitative estimate of drug-likeness (QED) is 0.443. The third-order valence-corrected chi connectivity index (χ3v) is 5.21. The van der Waals surface area contributed by atoms with Crippen LogP contribution in [0.4, 0.5) is 0 Å². The molecule has 4 rings (SSSR count). The van der Waals surface area contributed by atoms with Crippen LogP contribution < -0.4 is 14.9 Å². The van der Waals surface area contributed by atoms with Gasteiger partial charge in [-0.05, 0) is 29.8 Å². The van der Waals surface area contributed by atoms with Crippen molar-refractivity contribution in [3.8, 4) is 22.6 Å². The summed E-state index contributed by atoms with van der Waals surface area (Å²) in [5, 5.41) is 39.1. The van der Waals surface area contributed by atoms with Gasteiger partial charge in [-0.15, -0.1) is 0 Å². The molecular weight excluding hydrogens is 424 g/mol. The predicted molar refractivity (Wildman–Crippen MR) is 109 cm³/mol. The van der Waals surface area contributed by atoms with Crippen molar-refractivity contribution in [2.75, 3.05) is 7.11 Å². The van der Waals surface area contributed by atoms with Gasteiger partial charge < -0.3 is 39.1 Å². The molecular formula is C22H20O10. The second kappa shape index (κ2) is 8.60. The molecule has 3 aromatic rings. The van der Waals surface area contributed by atoms with Gasteiger partial charge >= 0.3 is 5.97 Å². The van der Waals surface area contributed by atoms with Crippen LogP contribution in [0.1, 0.15) is 0 Å². The highest BCUT2D eigenvalue weighted by Crippen LogP contribution is 2.28. The van der Waals surface area contributed by atoms with Gasteiger partial charge in [-0.1, -0.05) is 12.1 Å². The van der Waals surface area contributed by atoms with E-state index in [2.05, 4.69) is 0 Å². The molecule has 1 aromatic heterocycles. The van der Waals surface area contributed by atoms with E-state index >= 15 is 0 Å². The van der Waals surface area contributed by atoms with Crippen LogP contribution in [0, 0.1) is 0 Å². The topological polar surface area (TPSA) is 156 Å². The van der Waals surface area contributed by atoms with Crippen molar-refractivity contribution in [3.05, 3.63) is 59.0 Å². The Bertz CT molecular complexity index is 1190. The minimum atomic E-state index is -1.83. The van der Waals surface area contributed by atoms with Crippen LogP contribution in [0.5, 0.6) is 11.5 Å². The van der Waals surface area contributed by atoms with Crippen molar-refractivity contribution in [3.63, 3.8) is 0 Å². The molecule has 1 saturated heterocycles. The van der Waals surface area contributed by atoms with Gasteiger partial charge in [0.2, 0.25) is 6.29 Å². The van der Waals surface area contributed by atoms with E-state index < -0.39 is 36.7 Å². The Kier molecular flexibility index (Phi) is 5.85. The monoisotopic (exact) mass is 444 g/mol. The maximum atomic E-state index is 12.9. The zero-order valence-corrected chi connectivity index (χ0v) is 16.7. The molecule has 0 saturated carbocycles. The number of hydrogen-bond acceptors (Lipinski definition) is 9. The lowest BCUT2D eigenvalue weighted by Gasteiger charge is -2.38. The van der Waals surface area contributed by atoms with Crippen LogP contribution in [0.15, 0.2) is 57.9 Å². The summed E-state index contributed by atoms with van der Waals surface area (Å²) in [5.41, 5.74) is 0.904. The minimum absolute atomic E-state index is 0.0922. The Hall–Kier alpha value is -3.44. The molecule has 1 unspecified atom stereocenters. The predicted octanol–water partition coefficient (Wildman–Crippen LogP) is 0.740. The van der Waals surface area contributed by atoms with Gasteiger partial charge in [0, 0.05) is 6.07 Å². The number of carboxylic acid groups (broad SMARTS) is 1. The maximum absolute atomic E-state index is 12.9. The molecule has 5 atom stereocenters. The lowest BCUT2D eigenvalue weighted by atomic mass is 9.99. The average Bonchev–Trinajstić information content (AvgIpc) is 2.79. The van der Waals surface area contributed by atoms with E-state index in [4.69, 9.17) is 23.7 Å². The van der Waals surface area contributed by atoms with Gasteiger partial charge in [-0.25, -0.2) is 4.79 Å². The number of aliphatic hydroxyl groups excluding tert-OH is 3. The molecule has 0 bridgehead atoms. The van der Waals surface area contributed by atoms with Gasteiger partial charge in [0.1, 0.15) is 41.7 Å². The van der Waals surface area contributed by atoms with E-state index in [1.807, 2.05) is 0 Å². The second-order valence-electron chi connectivity index (χ2n) is 7.22. The summed E-state index contributed by atoms with van der Waals surface area (Å²) in [6, 6.07) is 11.2. The van der Waals surface area contributed by atoms with Crippen LogP contribution in [0.3, 0.4) is 0 Å². The van der Waals surface area contributed by atoms with Gasteiger partial charge in [-0.3, -0.25) is 4.79 Å². The van der Waals surface area contributed by atoms with E-state index in [9.17, 15) is 24.9 Å². The summed E-state index contributed by atoms with van der Waals surface area (Å²) in [6.45, 7) is 0. The summed E-state index contributed by atoms with van der Waals surface area (Å²) in [5.74, 6) is -0.780. The molecule has 10 heteroatoms. The van der Waals surface area contributed by atoms with Crippen LogP contribution in [-0.2, 0) is 9.53 Å². The summed E-state index contributed by atoms with van der Waals surface area (Å²) < 4.78 is 21.3. The number of fused-ring (bicyclic) bond motifs is 1. The lowest BCUT2D eigenvalue weighted by Crippen LogP contribution is -2.61. The van der Waals surface area contributed by atoms with Crippen LogP contribution in [0.25, 0.3) is 22.1 Å². The molecule has 0 radical (unpaired) electrons. The third-order valence-electron chi connectivity index (χ3n) is 5.21. The summed E-state index contributed by atoms with van der Waals surface area (Å²) in [7, 11) is 1.54. The number of carboxylic acids is 1. The fraction of sp³-hybridized carbons (Fsp3) is 0.273. The Morgan fingerprint density at radius 2 is 1.66 bits per heavy atom. The number of rotatable bonds is 5. The zero-order chi connectivity index (χ0) is 23.0. The number of aliphatic carboxylic acids is 1. The minimum Gasteiger partial charge on any atom is -0.497 e. The third kappa shape index (κ3) is 3.92. The molecule has 0 aliphatic carbocycles. The number of carbonyl (C=O) groups is 1. The number of aliphatic hydroxyl groups is 3. The fourth-order valence-corrected chi connectivity index (χ4v) is 3.44. The first-order valence-electron chi connectivity index (χ1n) is 9.59. The number of methoxy groups -OCH3 is 1. The molecule has 1 fully saturated rings. The largest absolute Gasteiger partial charge is 0.497 e. The number of hydrogen-bond donors (Lipinski definition) is 4. The van der Waals surface area contributed by atoms with E-state index in [0.717, 1.165) is 0 Å². The highest BCUT2D eigenvalue weighted by atomic mass is 16.7. The van der Waals surface area contributed by atoms with E-state index in [1.54, 1.807) is 31.4 Å². The molecule has 32 heavy (non-hydrogen) atoms. The van der Waals surface area contributed by atoms with Crippen LogP contribution in [0.2, 0.25) is 0 Å². The molecule has 168 valence electrons.